The van der Waals surface area contributed by atoms with E-state index < -0.39 is 23.9 Å². The molecule has 0 aromatic carbocycles. The van der Waals surface area contributed by atoms with E-state index >= 15 is 0 Å². The Morgan fingerprint density at radius 3 is 1.90 bits per heavy atom. The first-order valence-corrected chi connectivity index (χ1v) is 6.82. The summed E-state index contributed by atoms with van der Waals surface area (Å²) in [5, 5.41) is 9.33. The fraction of sp³-hybridized carbons (Fsp3) is 1.00. The van der Waals surface area contributed by atoms with Crippen LogP contribution in [-0.2, 0) is 0 Å². The maximum absolute atomic E-state index is 12.7. The molecule has 0 aliphatic heterocycles. The minimum atomic E-state index is -5.71. The summed E-state index contributed by atoms with van der Waals surface area (Å²) in [5.74, 6) is -1.33. The first kappa shape index (κ1) is 15.9. The number of fused-ring (bicyclic) bond motifs is 2. The Labute approximate surface area is 113 Å². The second-order valence-electron chi connectivity index (χ2n) is 6.33. The van der Waals surface area contributed by atoms with Crippen molar-refractivity contribution >= 4 is 0 Å². The van der Waals surface area contributed by atoms with Gasteiger partial charge in [-0.1, -0.05) is 13.3 Å². The molecule has 0 amide bonds. The molecule has 2 aliphatic rings. The van der Waals surface area contributed by atoms with E-state index in [9.17, 15) is 31.4 Å². The van der Waals surface area contributed by atoms with Gasteiger partial charge >= 0.3 is 12.4 Å². The van der Waals surface area contributed by atoms with E-state index in [1.807, 2.05) is 0 Å². The maximum atomic E-state index is 12.7. The van der Waals surface area contributed by atoms with E-state index in [0.717, 1.165) is 26.2 Å². The minimum absolute atomic E-state index is 0.125. The van der Waals surface area contributed by atoms with Crippen molar-refractivity contribution in [3.8, 4) is 0 Å². The average Bonchev–Trinajstić information content (AvgIpc) is 2.86. The quantitative estimate of drug-likeness (QED) is 0.771. The van der Waals surface area contributed by atoms with Crippen LogP contribution in [0.3, 0.4) is 0 Å². The molecule has 7 heteroatoms. The van der Waals surface area contributed by atoms with Crippen LogP contribution in [-0.4, -0.2) is 23.1 Å². The van der Waals surface area contributed by atoms with Gasteiger partial charge in [-0.05, 0) is 43.4 Å². The highest BCUT2D eigenvalue weighted by Crippen LogP contribution is 2.54. The molecule has 4 atom stereocenters. The predicted molar refractivity (Wildman–Crippen MR) is 59.8 cm³/mol. The van der Waals surface area contributed by atoms with Crippen molar-refractivity contribution in [2.75, 3.05) is 0 Å². The van der Waals surface area contributed by atoms with Gasteiger partial charge in [0.05, 0.1) is 0 Å². The van der Waals surface area contributed by atoms with E-state index in [4.69, 9.17) is 0 Å². The zero-order chi connectivity index (χ0) is 15.3. The van der Waals surface area contributed by atoms with Gasteiger partial charge in [0.1, 0.15) is 0 Å². The molecule has 0 spiro atoms. The van der Waals surface area contributed by atoms with E-state index in [1.165, 1.54) is 0 Å². The Morgan fingerprint density at radius 1 is 1.00 bits per heavy atom. The van der Waals surface area contributed by atoms with Crippen LogP contribution in [0.15, 0.2) is 0 Å². The third kappa shape index (κ3) is 2.42. The van der Waals surface area contributed by atoms with Crippen LogP contribution in [0.2, 0.25) is 0 Å². The molecular formula is C13H18F6O. The van der Waals surface area contributed by atoms with Gasteiger partial charge in [0.15, 0.2) is 0 Å². The van der Waals surface area contributed by atoms with Gasteiger partial charge in [0, 0.05) is 5.92 Å². The van der Waals surface area contributed by atoms with Crippen molar-refractivity contribution in [1.82, 2.24) is 0 Å². The molecule has 2 rings (SSSR count). The second-order valence-corrected chi connectivity index (χ2v) is 6.33. The molecule has 118 valence electrons. The van der Waals surface area contributed by atoms with E-state index in [-0.39, 0.29) is 18.3 Å². The van der Waals surface area contributed by atoms with Crippen LogP contribution in [0.4, 0.5) is 26.3 Å². The monoisotopic (exact) mass is 304 g/mol. The van der Waals surface area contributed by atoms with E-state index in [2.05, 4.69) is 0 Å². The van der Waals surface area contributed by atoms with E-state index in [0.29, 0.717) is 12.3 Å². The summed E-state index contributed by atoms with van der Waals surface area (Å²) in [6.07, 6.45) is -8.12. The molecule has 0 aromatic heterocycles. The summed E-state index contributed by atoms with van der Waals surface area (Å²) >= 11 is 0. The van der Waals surface area contributed by atoms with Crippen LogP contribution in [0.25, 0.3) is 0 Å². The van der Waals surface area contributed by atoms with E-state index in [1.54, 1.807) is 0 Å². The lowest BCUT2D eigenvalue weighted by Gasteiger charge is -2.39. The molecule has 1 nitrogen and oxygen atoms in total. The van der Waals surface area contributed by atoms with Crippen LogP contribution in [0, 0.1) is 23.7 Å². The molecule has 2 fully saturated rings. The molecular weight excluding hydrogens is 286 g/mol. The first-order chi connectivity index (χ1) is 8.97. The third-order valence-corrected chi connectivity index (χ3v) is 5.12. The smallest absolute Gasteiger partial charge is 0.373 e. The second kappa shape index (κ2) is 4.78. The molecule has 2 aliphatic carbocycles. The lowest BCUT2D eigenvalue weighted by molar-refractivity contribution is -0.384. The standard InChI is InChI=1S/C13H18F6O/c1-7(4-10-6-8-2-3-9(10)5-8)11(20,12(14,15)16)13(17,18)19/h7-10,20H,2-6H2,1H3. The topological polar surface area (TPSA) is 20.2 Å². The van der Waals surface area contributed by atoms with Gasteiger partial charge in [-0.25, -0.2) is 0 Å². The van der Waals surface area contributed by atoms with Gasteiger partial charge in [0.2, 0.25) is 0 Å². The summed E-state index contributed by atoms with van der Waals surface area (Å²) in [5.41, 5.74) is -4.61. The number of hydrogen-bond donors (Lipinski definition) is 1. The van der Waals surface area contributed by atoms with Crippen LogP contribution >= 0.6 is 0 Å². The molecule has 1 N–H and O–H groups in total. The summed E-state index contributed by atoms with van der Waals surface area (Å²) in [6.45, 7) is 0.854. The summed E-state index contributed by atoms with van der Waals surface area (Å²) in [6, 6.07) is 0. The molecule has 2 bridgehead atoms. The highest BCUT2D eigenvalue weighted by Gasteiger charge is 2.72. The van der Waals surface area contributed by atoms with Crippen LogP contribution in [0.1, 0.15) is 39.0 Å². The minimum Gasteiger partial charge on any atom is -0.373 e. The van der Waals surface area contributed by atoms with Gasteiger partial charge in [-0.15, -0.1) is 0 Å². The highest BCUT2D eigenvalue weighted by molar-refractivity contribution is 5.00. The maximum Gasteiger partial charge on any atom is 0.426 e. The number of rotatable bonds is 3. The SMILES string of the molecule is CC(CC1CC2CCC1C2)C(O)(C(F)(F)F)C(F)(F)F. The highest BCUT2D eigenvalue weighted by atomic mass is 19.4. The van der Waals surface area contributed by atoms with Gasteiger partial charge in [-0.2, -0.15) is 26.3 Å². The molecule has 4 unspecified atom stereocenters. The normalized spacial score (nSPS) is 32.7. The molecule has 0 aromatic rings. The zero-order valence-electron chi connectivity index (χ0n) is 11.1. The van der Waals surface area contributed by atoms with Crippen molar-refractivity contribution in [2.45, 2.75) is 57.0 Å². The van der Waals surface area contributed by atoms with Crippen molar-refractivity contribution in [3.05, 3.63) is 0 Å². The first-order valence-electron chi connectivity index (χ1n) is 6.82. The molecule has 0 saturated heterocycles. The predicted octanol–water partition coefficient (Wildman–Crippen LogP) is 4.30. The largest absolute Gasteiger partial charge is 0.426 e. The van der Waals surface area contributed by atoms with Crippen LogP contribution < -0.4 is 0 Å². The number of hydrogen-bond acceptors (Lipinski definition) is 1. The summed E-state index contributed by atoms with van der Waals surface area (Å²) < 4.78 is 76.5. The van der Waals surface area contributed by atoms with Crippen molar-refractivity contribution in [3.63, 3.8) is 0 Å². The van der Waals surface area contributed by atoms with Crippen LogP contribution in [0.5, 0.6) is 0 Å². The average molecular weight is 304 g/mol. The Morgan fingerprint density at radius 2 is 1.55 bits per heavy atom. The van der Waals surface area contributed by atoms with Gasteiger partial charge in [-0.3, -0.25) is 0 Å². The Hall–Kier alpha value is -0.460. The van der Waals surface area contributed by atoms with Crippen molar-refractivity contribution in [2.24, 2.45) is 23.7 Å². The lowest BCUT2D eigenvalue weighted by Crippen LogP contribution is -2.61. The van der Waals surface area contributed by atoms with Gasteiger partial charge < -0.3 is 5.11 Å². The van der Waals surface area contributed by atoms with Gasteiger partial charge in [0.25, 0.3) is 5.60 Å². The van der Waals surface area contributed by atoms with Crippen molar-refractivity contribution in [1.29, 1.82) is 0 Å². The lowest BCUT2D eigenvalue weighted by atomic mass is 9.76. The molecule has 20 heavy (non-hydrogen) atoms. The third-order valence-electron chi connectivity index (χ3n) is 5.12. The Bertz CT molecular complexity index is 347. The number of alkyl halides is 6. The zero-order valence-corrected chi connectivity index (χ0v) is 11.1. The summed E-state index contributed by atoms with van der Waals surface area (Å²) in [7, 11) is 0. The molecule has 2 saturated carbocycles. The number of aliphatic hydroxyl groups is 1. The summed E-state index contributed by atoms with van der Waals surface area (Å²) in [4.78, 5) is 0. The molecule has 0 radical (unpaired) electrons. The van der Waals surface area contributed by atoms with Crippen molar-refractivity contribution < 1.29 is 31.4 Å². The Kier molecular flexibility index (Phi) is 3.81. The molecule has 0 heterocycles. The Balaban J connectivity index is 2.14. The number of halogens is 6. The fourth-order valence-electron chi connectivity index (χ4n) is 4.01. The fourth-order valence-corrected chi connectivity index (χ4v) is 4.01.